The van der Waals surface area contributed by atoms with Gasteiger partial charge in [-0.15, -0.1) is 0 Å². The van der Waals surface area contributed by atoms with E-state index >= 15 is 0 Å². The Balaban J connectivity index is 1.54. The van der Waals surface area contributed by atoms with Gasteiger partial charge in [0.2, 0.25) is 0 Å². The van der Waals surface area contributed by atoms with Crippen LogP contribution >= 0.6 is 0 Å². The van der Waals surface area contributed by atoms with Crippen LogP contribution in [0.5, 0.6) is 0 Å². The lowest BCUT2D eigenvalue weighted by Gasteiger charge is -2.33. The van der Waals surface area contributed by atoms with E-state index < -0.39 is 0 Å². The van der Waals surface area contributed by atoms with Gasteiger partial charge in [-0.25, -0.2) is 0 Å². The molecular formula is C47H45N3. The number of benzene rings is 6. The summed E-state index contributed by atoms with van der Waals surface area (Å²) in [5.74, 6) is 0. The molecule has 0 bridgehead atoms. The van der Waals surface area contributed by atoms with Gasteiger partial charge in [-0.05, 0) is 98.7 Å². The largest absolute Gasteiger partial charge is 0.338 e. The number of nitrogens with zero attached hydrogens (tertiary/aromatic N) is 3. The molecule has 248 valence electrons. The first-order valence-corrected chi connectivity index (χ1v) is 18.0. The van der Waals surface area contributed by atoms with Crippen molar-refractivity contribution in [3.05, 3.63) is 139 Å². The van der Waals surface area contributed by atoms with Crippen LogP contribution < -0.4 is 4.90 Å². The topological polar surface area (TPSA) is 28.0 Å². The van der Waals surface area contributed by atoms with Crippen molar-refractivity contribution < 1.29 is 0 Å². The maximum atomic E-state index is 4.60. The van der Waals surface area contributed by atoms with E-state index in [1.165, 1.54) is 77.4 Å². The summed E-state index contributed by atoms with van der Waals surface area (Å²) in [6.45, 7) is 6.69. The van der Waals surface area contributed by atoms with E-state index in [4.69, 9.17) is 0 Å². The average Bonchev–Trinajstić information content (AvgIpc) is 3.49. The number of allylic oxidation sites excluding steroid dienone is 2. The number of rotatable bonds is 12. The lowest BCUT2D eigenvalue weighted by molar-refractivity contribution is 0.761. The zero-order chi connectivity index (χ0) is 34.5. The first-order valence-electron chi connectivity index (χ1n) is 18.0. The highest BCUT2D eigenvalue weighted by Crippen LogP contribution is 2.58. The molecule has 0 aliphatic heterocycles. The van der Waals surface area contributed by atoms with Gasteiger partial charge in [0.15, 0.2) is 0 Å². The fourth-order valence-electron chi connectivity index (χ4n) is 7.67. The normalized spacial score (nSPS) is 13.3. The predicted octanol–water partition coefficient (Wildman–Crippen LogP) is 12.9. The molecule has 0 spiro atoms. The molecule has 0 aromatic heterocycles. The molecule has 1 atom stereocenters. The van der Waals surface area contributed by atoms with E-state index in [0.717, 1.165) is 25.7 Å². The van der Waals surface area contributed by atoms with Crippen molar-refractivity contribution in [1.29, 1.82) is 0 Å². The van der Waals surface area contributed by atoms with Crippen LogP contribution in [0.25, 0.3) is 66.1 Å². The molecule has 0 fully saturated rings. The molecule has 3 nitrogen and oxygen atoms in total. The SMILES string of the molecule is CCCC=N/C=C\C(C)N(/C(=C/C=NC)CCC)c1ccc2c3c(cccc13)-c1c-2c(-c2ccccc2)c2ccccc2c1-c1ccccc1. The second-order valence-corrected chi connectivity index (χ2v) is 13.0. The zero-order valence-electron chi connectivity index (χ0n) is 29.6. The minimum atomic E-state index is 0.0695. The Morgan fingerprint density at radius 1 is 0.660 bits per heavy atom. The van der Waals surface area contributed by atoms with Crippen molar-refractivity contribution in [2.24, 2.45) is 9.98 Å². The predicted molar refractivity (Wildman–Crippen MR) is 219 cm³/mol. The lowest BCUT2D eigenvalue weighted by atomic mass is 9.82. The highest BCUT2D eigenvalue weighted by Gasteiger charge is 2.32. The van der Waals surface area contributed by atoms with Gasteiger partial charge in [-0.3, -0.25) is 9.98 Å². The third-order valence-corrected chi connectivity index (χ3v) is 9.77. The quantitative estimate of drug-likeness (QED) is 0.121. The summed E-state index contributed by atoms with van der Waals surface area (Å²) in [7, 11) is 1.84. The fraction of sp³-hybridized carbons (Fsp3) is 0.191. The highest BCUT2D eigenvalue weighted by molar-refractivity contribution is 6.28. The lowest BCUT2D eigenvalue weighted by Crippen LogP contribution is -2.31. The summed E-state index contributed by atoms with van der Waals surface area (Å²) in [4.78, 5) is 11.4. The Morgan fingerprint density at radius 2 is 1.26 bits per heavy atom. The van der Waals surface area contributed by atoms with Crippen LogP contribution in [-0.4, -0.2) is 25.5 Å². The van der Waals surface area contributed by atoms with Crippen molar-refractivity contribution in [3.8, 4) is 44.5 Å². The summed E-state index contributed by atoms with van der Waals surface area (Å²) in [6.07, 6.45) is 14.3. The molecule has 0 radical (unpaired) electrons. The average molecular weight is 652 g/mol. The van der Waals surface area contributed by atoms with E-state index in [-0.39, 0.29) is 6.04 Å². The van der Waals surface area contributed by atoms with Crippen molar-refractivity contribution in [2.75, 3.05) is 11.9 Å². The smallest absolute Gasteiger partial charge is 0.0508 e. The van der Waals surface area contributed by atoms with Gasteiger partial charge in [-0.2, -0.15) is 0 Å². The number of fused-ring (bicyclic) bond motifs is 4. The van der Waals surface area contributed by atoms with Crippen molar-refractivity contribution in [3.63, 3.8) is 0 Å². The monoisotopic (exact) mass is 651 g/mol. The van der Waals surface area contributed by atoms with Gasteiger partial charge in [0.05, 0.1) is 6.04 Å². The minimum Gasteiger partial charge on any atom is -0.338 e. The van der Waals surface area contributed by atoms with Gasteiger partial charge in [0, 0.05) is 42.4 Å². The third-order valence-electron chi connectivity index (χ3n) is 9.77. The van der Waals surface area contributed by atoms with Crippen LogP contribution in [0.15, 0.2) is 149 Å². The number of anilines is 1. The van der Waals surface area contributed by atoms with Gasteiger partial charge in [0.25, 0.3) is 0 Å². The van der Waals surface area contributed by atoms with E-state index in [1.54, 1.807) is 0 Å². The number of hydrogen-bond donors (Lipinski definition) is 0. The Labute approximate surface area is 297 Å². The number of hydrogen-bond acceptors (Lipinski definition) is 3. The molecular weight excluding hydrogens is 607 g/mol. The molecule has 50 heavy (non-hydrogen) atoms. The fourth-order valence-corrected chi connectivity index (χ4v) is 7.67. The first kappa shape index (κ1) is 33.0. The molecule has 1 aliphatic rings. The number of unbranched alkanes of at least 4 members (excludes halogenated alkanes) is 1. The molecule has 7 rings (SSSR count). The molecule has 1 aliphatic carbocycles. The Bertz CT molecular complexity index is 2170. The third kappa shape index (κ3) is 5.98. The van der Waals surface area contributed by atoms with E-state index in [1.807, 2.05) is 25.7 Å². The summed E-state index contributed by atoms with van der Waals surface area (Å²) < 4.78 is 0. The first-order chi connectivity index (χ1) is 24.7. The van der Waals surface area contributed by atoms with Gasteiger partial charge in [-0.1, -0.05) is 136 Å². The van der Waals surface area contributed by atoms with Crippen LogP contribution in [0, 0.1) is 0 Å². The van der Waals surface area contributed by atoms with Crippen molar-refractivity contribution >= 4 is 39.7 Å². The van der Waals surface area contributed by atoms with Crippen molar-refractivity contribution in [1.82, 2.24) is 0 Å². The van der Waals surface area contributed by atoms with Crippen LogP contribution in [0.1, 0.15) is 46.5 Å². The highest BCUT2D eigenvalue weighted by atomic mass is 15.2. The minimum absolute atomic E-state index is 0.0695. The molecule has 6 aromatic rings. The second-order valence-electron chi connectivity index (χ2n) is 13.0. The maximum absolute atomic E-state index is 4.60. The second kappa shape index (κ2) is 14.9. The number of aliphatic imine (C=N–C) groups is 2. The summed E-state index contributed by atoms with van der Waals surface area (Å²) in [6, 6.07) is 42.5. The standard InChI is InChI=1S/C47H45N3/c1-5-7-30-49-32-28-33(3)50(36(17-6-2)29-31-48-4)42-27-26-41-45-39(42)24-16-25-40(45)46-43(34-18-10-8-11-19-34)37-22-14-15-23-38(37)44(47(41)46)35-20-12-9-13-21-35/h8-16,18-33H,5-7,17H2,1-4H3/b32-28-,36-29+,48-31?,49-30?. The van der Waals surface area contributed by atoms with Gasteiger partial charge >= 0.3 is 0 Å². The molecule has 0 saturated carbocycles. The molecule has 0 N–H and O–H groups in total. The van der Waals surface area contributed by atoms with Crippen LogP contribution in [0.3, 0.4) is 0 Å². The van der Waals surface area contributed by atoms with Crippen LogP contribution in [0.4, 0.5) is 5.69 Å². The Kier molecular flexibility index (Phi) is 9.84. The summed E-state index contributed by atoms with van der Waals surface area (Å²) in [5.41, 5.74) is 12.7. The van der Waals surface area contributed by atoms with Crippen molar-refractivity contribution in [2.45, 2.75) is 52.5 Å². The maximum Gasteiger partial charge on any atom is 0.0508 e. The Hall–Kier alpha value is -5.54. The Morgan fingerprint density at radius 3 is 1.86 bits per heavy atom. The summed E-state index contributed by atoms with van der Waals surface area (Å²) in [5, 5.41) is 5.12. The van der Waals surface area contributed by atoms with E-state index in [9.17, 15) is 0 Å². The van der Waals surface area contributed by atoms with E-state index in [2.05, 4.69) is 163 Å². The summed E-state index contributed by atoms with van der Waals surface area (Å²) >= 11 is 0. The van der Waals surface area contributed by atoms with Gasteiger partial charge < -0.3 is 4.90 Å². The molecule has 0 amide bonds. The van der Waals surface area contributed by atoms with Crippen LogP contribution in [0.2, 0.25) is 0 Å². The molecule has 3 heteroatoms. The van der Waals surface area contributed by atoms with Crippen LogP contribution in [-0.2, 0) is 0 Å². The molecule has 1 unspecified atom stereocenters. The van der Waals surface area contributed by atoms with Gasteiger partial charge in [0.1, 0.15) is 0 Å². The van der Waals surface area contributed by atoms with E-state index in [0.29, 0.717) is 0 Å². The zero-order valence-corrected chi connectivity index (χ0v) is 29.6. The molecule has 6 aromatic carbocycles. The molecule has 0 heterocycles. The molecule has 0 saturated heterocycles.